The van der Waals surface area contributed by atoms with Crippen LogP contribution in [0.25, 0.3) is 0 Å². The number of hydrogen-bond acceptors (Lipinski definition) is 0. The first-order valence-corrected chi connectivity index (χ1v) is 3.93. The van der Waals surface area contributed by atoms with Crippen LogP contribution in [0.1, 0.15) is 43.1 Å². The molecule has 0 amide bonds. The van der Waals surface area contributed by atoms with Gasteiger partial charge in [-0.25, -0.2) is 0 Å². The van der Waals surface area contributed by atoms with Crippen LogP contribution in [0.4, 0.5) is 0 Å². The van der Waals surface area contributed by atoms with Crippen LogP contribution in [-0.4, -0.2) is 0 Å². The van der Waals surface area contributed by atoms with Crippen molar-refractivity contribution in [3.05, 3.63) is 0 Å². The van der Waals surface area contributed by atoms with Crippen molar-refractivity contribution in [2.24, 2.45) is 17.7 Å². The van der Waals surface area contributed by atoms with E-state index in [4.69, 9.17) is 4.11 Å². The summed E-state index contributed by atoms with van der Waals surface area (Å²) in [6.07, 6.45) is 2.91. The SMILES string of the molecule is [2H]C([2H])(C)C1([2H])CC2CCC1C2. The van der Waals surface area contributed by atoms with Gasteiger partial charge >= 0.3 is 0 Å². The highest BCUT2D eigenvalue weighted by Crippen LogP contribution is 2.49. The highest BCUT2D eigenvalue weighted by Gasteiger charge is 2.37. The quantitative estimate of drug-likeness (QED) is 0.508. The standard InChI is InChI=1S/C9H16/c1-2-8-5-7-3-4-9(8)6-7/h7-9H,2-6H2,1H3/i2D2,8D. The summed E-state index contributed by atoms with van der Waals surface area (Å²) in [5.41, 5.74) is 0. The maximum absolute atomic E-state index is 8.14. The Morgan fingerprint density at radius 1 is 1.56 bits per heavy atom. The Labute approximate surface area is 61.9 Å². The molecule has 2 bridgehead atoms. The molecule has 0 spiro atoms. The zero-order valence-electron chi connectivity index (χ0n) is 8.98. The molecule has 2 aliphatic rings. The molecule has 0 heterocycles. The minimum atomic E-state index is -1.31. The Morgan fingerprint density at radius 2 is 2.44 bits per heavy atom. The van der Waals surface area contributed by atoms with Crippen molar-refractivity contribution in [3.8, 4) is 0 Å². The number of rotatable bonds is 1. The van der Waals surface area contributed by atoms with Crippen LogP contribution >= 0.6 is 0 Å². The minimum Gasteiger partial charge on any atom is -0.0651 e. The van der Waals surface area contributed by atoms with Gasteiger partial charge in [0.25, 0.3) is 0 Å². The molecule has 0 aromatic carbocycles. The molecule has 3 atom stereocenters. The average molecular weight is 127 g/mol. The Balaban J connectivity index is 2.23. The molecular weight excluding hydrogens is 108 g/mol. The first-order chi connectivity index (χ1) is 5.43. The summed E-state index contributed by atoms with van der Waals surface area (Å²) in [6, 6.07) is 0. The van der Waals surface area contributed by atoms with Crippen molar-refractivity contribution in [1.29, 1.82) is 0 Å². The smallest absolute Gasteiger partial charge is 0.0306 e. The number of hydrogen-bond donors (Lipinski definition) is 0. The molecule has 0 saturated heterocycles. The molecule has 9 heavy (non-hydrogen) atoms. The third-order valence-corrected chi connectivity index (χ3v) is 2.86. The Hall–Kier alpha value is 0. The van der Waals surface area contributed by atoms with E-state index in [1.165, 1.54) is 6.42 Å². The first kappa shape index (κ1) is 3.41. The fourth-order valence-electron chi connectivity index (χ4n) is 2.36. The second kappa shape index (κ2) is 2.00. The molecule has 0 radical (unpaired) electrons. The second-order valence-corrected chi connectivity index (χ2v) is 3.36. The predicted molar refractivity (Wildman–Crippen MR) is 39.2 cm³/mol. The zero-order valence-corrected chi connectivity index (χ0v) is 5.98. The predicted octanol–water partition coefficient (Wildman–Crippen LogP) is 2.83. The van der Waals surface area contributed by atoms with Gasteiger partial charge in [-0.15, -0.1) is 0 Å². The molecule has 52 valence electrons. The number of fused-ring (bicyclic) bond motifs is 2. The van der Waals surface area contributed by atoms with Crippen LogP contribution in [0.2, 0.25) is 0 Å². The lowest BCUT2D eigenvalue weighted by atomic mass is 9.87. The van der Waals surface area contributed by atoms with Crippen molar-refractivity contribution in [3.63, 3.8) is 0 Å². The summed E-state index contributed by atoms with van der Waals surface area (Å²) >= 11 is 0. The highest BCUT2D eigenvalue weighted by atomic mass is 14.4. The molecule has 0 N–H and O–H groups in total. The summed E-state index contributed by atoms with van der Waals surface area (Å²) in [5.74, 6) is 0.223. The topological polar surface area (TPSA) is 0 Å². The fourth-order valence-corrected chi connectivity index (χ4v) is 2.36. The highest BCUT2D eigenvalue weighted by molar-refractivity contribution is 4.88. The van der Waals surface area contributed by atoms with Gasteiger partial charge in [0.15, 0.2) is 0 Å². The summed E-state index contributed by atoms with van der Waals surface area (Å²) in [7, 11) is 0. The maximum Gasteiger partial charge on any atom is 0.0306 e. The fraction of sp³-hybridized carbons (Fsp3) is 1.00. The molecule has 2 saturated carbocycles. The average Bonchev–Trinajstić information content (AvgIpc) is 2.43. The van der Waals surface area contributed by atoms with Gasteiger partial charge in [0.2, 0.25) is 0 Å². The molecule has 0 aliphatic heterocycles. The normalized spacial score (nSPS) is 63.0. The molecule has 2 rings (SSSR count). The van der Waals surface area contributed by atoms with Gasteiger partial charge in [-0.3, -0.25) is 0 Å². The van der Waals surface area contributed by atoms with Crippen molar-refractivity contribution in [2.75, 3.05) is 0 Å². The molecule has 0 aromatic heterocycles. The Kier molecular flexibility index (Phi) is 0.757. The minimum absolute atomic E-state index is 0.336. The van der Waals surface area contributed by atoms with Crippen LogP contribution in [-0.2, 0) is 0 Å². The molecule has 0 nitrogen and oxygen atoms in total. The third kappa shape index (κ3) is 0.798. The molecule has 3 unspecified atom stereocenters. The van der Waals surface area contributed by atoms with E-state index in [0.29, 0.717) is 11.8 Å². The van der Waals surface area contributed by atoms with E-state index < -0.39 is 12.3 Å². The molecule has 2 fully saturated rings. The lowest BCUT2D eigenvalue weighted by Crippen LogP contribution is -2.08. The van der Waals surface area contributed by atoms with Crippen molar-refractivity contribution < 1.29 is 4.11 Å². The van der Waals surface area contributed by atoms with Gasteiger partial charge in [-0.2, -0.15) is 0 Å². The third-order valence-electron chi connectivity index (χ3n) is 2.86. The van der Waals surface area contributed by atoms with E-state index in [1.807, 2.05) is 0 Å². The van der Waals surface area contributed by atoms with Gasteiger partial charge < -0.3 is 0 Å². The van der Waals surface area contributed by atoms with Crippen LogP contribution in [0.15, 0.2) is 0 Å². The molecule has 2 aliphatic carbocycles. The molecule has 0 heteroatoms. The van der Waals surface area contributed by atoms with Crippen molar-refractivity contribution >= 4 is 0 Å². The second-order valence-electron chi connectivity index (χ2n) is 3.36. The monoisotopic (exact) mass is 127 g/mol. The summed E-state index contributed by atoms with van der Waals surface area (Å²) in [6.45, 7) is 1.57. The van der Waals surface area contributed by atoms with E-state index in [-0.39, 0.29) is 0 Å². The summed E-state index contributed by atoms with van der Waals surface area (Å²) < 4.78 is 23.5. The van der Waals surface area contributed by atoms with Gasteiger partial charge in [0, 0.05) is 4.11 Å². The van der Waals surface area contributed by atoms with Gasteiger partial charge in [0.05, 0.1) is 0 Å². The Morgan fingerprint density at radius 3 is 2.78 bits per heavy atom. The van der Waals surface area contributed by atoms with Crippen LogP contribution in [0.3, 0.4) is 0 Å². The van der Waals surface area contributed by atoms with Crippen molar-refractivity contribution in [2.45, 2.75) is 39.0 Å². The molecule has 0 aromatic rings. The summed E-state index contributed by atoms with van der Waals surface area (Å²) in [4.78, 5) is 0. The van der Waals surface area contributed by atoms with Crippen molar-refractivity contribution in [1.82, 2.24) is 0 Å². The lowest BCUT2D eigenvalue weighted by molar-refractivity contribution is 0.324. The summed E-state index contributed by atoms with van der Waals surface area (Å²) in [5, 5.41) is 0. The van der Waals surface area contributed by atoms with E-state index >= 15 is 0 Å². The zero-order chi connectivity index (χ0) is 8.98. The van der Waals surface area contributed by atoms with E-state index in [2.05, 4.69) is 0 Å². The van der Waals surface area contributed by atoms with Gasteiger partial charge in [-0.05, 0) is 37.0 Å². The lowest BCUT2D eigenvalue weighted by Gasteiger charge is -2.18. The molecular formula is C9H16. The van der Waals surface area contributed by atoms with Gasteiger partial charge in [-0.1, -0.05) is 19.7 Å². The van der Waals surface area contributed by atoms with E-state index in [0.717, 1.165) is 19.3 Å². The van der Waals surface area contributed by atoms with Gasteiger partial charge in [0.1, 0.15) is 0 Å². The van der Waals surface area contributed by atoms with Crippen LogP contribution in [0.5, 0.6) is 0 Å². The van der Waals surface area contributed by atoms with Crippen LogP contribution < -0.4 is 0 Å². The van der Waals surface area contributed by atoms with E-state index in [1.54, 1.807) is 6.92 Å². The maximum atomic E-state index is 8.14. The largest absolute Gasteiger partial charge is 0.0651 e. The first-order valence-electron chi connectivity index (χ1n) is 5.43. The Bertz CT molecular complexity index is 196. The van der Waals surface area contributed by atoms with Crippen LogP contribution in [0, 0.1) is 17.7 Å². The van der Waals surface area contributed by atoms with E-state index in [9.17, 15) is 0 Å².